The molecule has 1 N–H and O–H groups in total. The maximum absolute atomic E-state index is 12.0. The third-order valence-electron chi connectivity index (χ3n) is 4.17. The van der Waals surface area contributed by atoms with Crippen LogP contribution in [0.5, 0.6) is 5.75 Å². The van der Waals surface area contributed by atoms with Crippen molar-refractivity contribution in [1.29, 1.82) is 0 Å². The first kappa shape index (κ1) is 17.0. The standard InChI is InChI=1S/C19H21N3O3/c1-12(2)22-18(24)11-9-15(21-22)13-8-10-17(23)20-19(13)14-6-4-5-7-16(14)25-3/h4-7,9,11-12H,8,10H2,1-3H3,(H,20,23). The number of ether oxygens (including phenoxy) is 1. The Hall–Kier alpha value is -2.89. The first-order chi connectivity index (χ1) is 12.0. The largest absolute Gasteiger partial charge is 0.496 e. The highest BCUT2D eigenvalue weighted by molar-refractivity contribution is 6.01. The van der Waals surface area contributed by atoms with E-state index in [-0.39, 0.29) is 17.5 Å². The summed E-state index contributed by atoms with van der Waals surface area (Å²) in [6, 6.07) is 10.7. The predicted molar refractivity (Wildman–Crippen MR) is 96.1 cm³/mol. The van der Waals surface area contributed by atoms with Gasteiger partial charge in [0.15, 0.2) is 0 Å². The van der Waals surface area contributed by atoms with Crippen molar-refractivity contribution in [2.45, 2.75) is 32.7 Å². The van der Waals surface area contributed by atoms with Crippen LogP contribution >= 0.6 is 0 Å². The normalized spacial score (nSPS) is 14.6. The van der Waals surface area contributed by atoms with E-state index in [1.54, 1.807) is 13.2 Å². The second-order valence-electron chi connectivity index (χ2n) is 6.20. The Morgan fingerprint density at radius 1 is 1.12 bits per heavy atom. The Balaban J connectivity index is 2.21. The Kier molecular flexibility index (Phi) is 4.70. The van der Waals surface area contributed by atoms with Crippen LogP contribution in [-0.2, 0) is 4.79 Å². The van der Waals surface area contributed by atoms with Gasteiger partial charge in [-0.2, -0.15) is 5.10 Å². The van der Waals surface area contributed by atoms with E-state index in [2.05, 4.69) is 10.4 Å². The third-order valence-corrected chi connectivity index (χ3v) is 4.17. The molecule has 1 aromatic heterocycles. The molecule has 2 heterocycles. The summed E-state index contributed by atoms with van der Waals surface area (Å²) in [5, 5.41) is 7.46. The van der Waals surface area contributed by atoms with Gasteiger partial charge in [-0.25, -0.2) is 4.68 Å². The highest BCUT2D eigenvalue weighted by Crippen LogP contribution is 2.34. The van der Waals surface area contributed by atoms with Crippen LogP contribution in [0.1, 0.15) is 44.0 Å². The average Bonchev–Trinajstić information content (AvgIpc) is 2.62. The lowest BCUT2D eigenvalue weighted by Gasteiger charge is -2.23. The van der Waals surface area contributed by atoms with Crippen LogP contribution in [0.15, 0.2) is 41.2 Å². The van der Waals surface area contributed by atoms with E-state index >= 15 is 0 Å². The van der Waals surface area contributed by atoms with Crippen LogP contribution in [0.25, 0.3) is 11.3 Å². The molecule has 1 amide bonds. The highest BCUT2D eigenvalue weighted by Gasteiger charge is 2.23. The fourth-order valence-corrected chi connectivity index (χ4v) is 2.93. The van der Waals surface area contributed by atoms with Gasteiger partial charge in [-0.05, 0) is 38.5 Å². The fourth-order valence-electron chi connectivity index (χ4n) is 2.93. The monoisotopic (exact) mass is 339 g/mol. The molecule has 0 unspecified atom stereocenters. The molecule has 0 spiro atoms. The molecule has 6 nitrogen and oxygen atoms in total. The molecule has 25 heavy (non-hydrogen) atoms. The zero-order valence-corrected chi connectivity index (χ0v) is 14.6. The van der Waals surface area contributed by atoms with E-state index in [1.165, 1.54) is 10.7 Å². The van der Waals surface area contributed by atoms with Gasteiger partial charge < -0.3 is 10.1 Å². The lowest BCUT2D eigenvalue weighted by atomic mass is 9.95. The number of methoxy groups -OCH3 is 1. The summed E-state index contributed by atoms with van der Waals surface area (Å²) in [6.45, 7) is 3.83. The number of rotatable bonds is 4. The van der Waals surface area contributed by atoms with Crippen molar-refractivity contribution >= 4 is 17.2 Å². The molecule has 2 aromatic rings. The molecule has 6 heteroatoms. The second kappa shape index (κ2) is 6.93. The van der Waals surface area contributed by atoms with E-state index < -0.39 is 0 Å². The molecule has 0 radical (unpaired) electrons. The summed E-state index contributed by atoms with van der Waals surface area (Å²) < 4.78 is 6.89. The average molecular weight is 339 g/mol. The highest BCUT2D eigenvalue weighted by atomic mass is 16.5. The molecule has 1 aromatic carbocycles. The number of allylic oxidation sites excluding steroid dienone is 1. The minimum atomic E-state index is -0.141. The quantitative estimate of drug-likeness (QED) is 0.929. The number of carbonyl (C=O) groups is 1. The summed E-state index contributed by atoms with van der Waals surface area (Å²) >= 11 is 0. The maximum Gasteiger partial charge on any atom is 0.267 e. The van der Waals surface area contributed by atoms with E-state index in [0.717, 1.165) is 11.1 Å². The Labute approximate surface area is 146 Å². The van der Waals surface area contributed by atoms with Crippen molar-refractivity contribution in [2.24, 2.45) is 0 Å². The van der Waals surface area contributed by atoms with Crippen molar-refractivity contribution in [3.05, 3.63) is 58.0 Å². The number of para-hydroxylation sites is 1. The molecular formula is C19H21N3O3. The van der Waals surface area contributed by atoms with Crippen LogP contribution in [0, 0.1) is 0 Å². The molecule has 0 aliphatic carbocycles. The van der Waals surface area contributed by atoms with Gasteiger partial charge in [0.1, 0.15) is 5.75 Å². The van der Waals surface area contributed by atoms with Crippen LogP contribution in [-0.4, -0.2) is 22.8 Å². The van der Waals surface area contributed by atoms with Gasteiger partial charge in [0.2, 0.25) is 5.91 Å². The molecule has 0 saturated heterocycles. The van der Waals surface area contributed by atoms with Gasteiger partial charge in [0.25, 0.3) is 5.56 Å². The lowest BCUT2D eigenvalue weighted by molar-refractivity contribution is -0.120. The van der Waals surface area contributed by atoms with Crippen LogP contribution in [0.3, 0.4) is 0 Å². The van der Waals surface area contributed by atoms with Gasteiger partial charge in [-0.1, -0.05) is 12.1 Å². The molecule has 0 saturated carbocycles. The van der Waals surface area contributed by atoms with Crippen molar-refractivity contribution in [2.75, 3.05) is 7.11 Å². The van der Waals surface area contributed by atoms with Crippen molar-refractivity contribution in [3.8, 4) is 5.75 Å². The number of benzene rings is 1. The van der Waals surface area contributed by atoms with Gasteiger partial charge in [0, 0.05) is 23.6 Å². The Morgan fingerprint density at radius 2 is 1.88 bits per heavy atom. The van der Waals surface area contributed by atoms with Gasteiger partial charge in [0.05, 0.1) is 24.5 Å². The van der Waals surface area contributed by atoms with Crippen molar-refractivity contribution in [3.63, 3.8) is 0 Å². The molecule has 1 aliphatic rings. The summed E-state index contributed by atoms with van der Waals surface area (Å²) in [5.74, 6) is 0.635. The maximum atomic E-state index is 12.0. The molecule has 3 rings (SSSR count). The van der Waals surface area contributed by atoms with Gasteiger partial charge in [-0.15, -0.1) is 0 Å². The molecule has 1 aliphatic heterocycles. The van der Waals surface area contributed by atoms with Crippen molar-refractivity contribution < 1.29 is 9.53 Å². The number of carbonyl (C=O) groups excluding carboxylic acids is 1. The summed E-state index contributed by atoms with van der Waals surface area (Å²) in [6.07, 6.45) is 0.943. The molecule has 0 fully saturated rings. The number of hydrogen-bond acceptors (Lipinski definition) is 4. The topological polar surface area (TPSA) is 73.2 Å². The number of amides is 1. The Bertz CT molecular complexity index is 897. The van der Waals surface area contributed by atoms with Crippen LogP contribution < -0.4 is 15.6 Å². The number of aromatic nitrogens is 2. The molecule has 0 bridgehead atoms. The zero-order valence-electron chi connectivity index (χ0n) is 14.6. The smallest absolute Gasteiger partial charge is 0.267 e. The molecular weight excluding hydrogens is 318 g/mol. The lowest BCUT2D eigenvalue weighted by Crippen LogP contribution is -2.29. The number of nitrogens with zero attached hydrogens (tertiary/aromatic N) is 2. The Morgan fingerprint density at radius 3 is 2.60 bits per heavy atom. The third kappa shape index (κ3) is 3.33. The van der Waals surface area contributed by atoms with E-state index in [0.29, 0.717) is 30.0 Å². The molecule has 130 valence electrons. The summed E-state index contributed by atoms with van der Waals surface area (Å²) in [5.41, 5.74) is 2.94. The first-order valence-corrected chi connectivity index (χ1v) is 8.28. The summed E-state index contributed by atoms with van der Waals surface area (Å²) in [4.78, 5) is 24.0. The first-order valence-electron chi connectivity index (χ1n) is 8.28. The molecule has 0 atom stereocenters. The van der Waals surface area contributed by atoms with Gasteiger partial charge in [-0.3, -0.25) is 9.59 Å². The zero-order chi connectivity index (χ0) is 18.0. The summed E-state index contributed by atoms with van der Waals surface area (Å²) in [7, 11) is 1.60. The van der Waals surface area contributed by atoms with E-state index in [4.69, 9.17) is 4.74 Å². The van der Waals surface area contributed by atoms with E-state index in [9.17, 15) is 9.59 Å². The van der Waals surface area contributed by atoms with Crippen LogP contribution in [0.2, 0.25) is 0 Å². The van der Waals surface area contributed by atoms with E-state index in [1.807, 2.05) is 38.1 Å². The van der Waals surface area contributed by atoms with Gasteiger partial charge >= 0.3 is 0 Å². The number of hydrogen-bond donors (Lipinski definition) is 1. The van der Waals surface area contributed by atoms with Crippen molar-refractivity contribution in [1.82, 2.24) is 15.1 Å². The van der Waals surface area contributed by atoms with Crippen LogP contribution in [0.4, 0.5) is 0 Å². The fraction of sp³-hybridized carbons (Fsp3) is 0.316. The SMILES string of the molecule is COc1ccccc1C1=C(c2ccc(=O)n(C(C)C)n2)CCC(=O)N1. The predicted octanol–water partition coefficient (Wildman–Crippen LogP) is 2.61. The number of nitrogens with one attached hydrogen (secondary N) is 1. The second-order valence-corrected chi connectivity index (χ2v) is 6.20. The minimum absolute atomic E-state index is 0.0400. The minimum Gasteiger partial charge on any atom is -0.496 e.